The molecular formula is C21H24ClN3O4S. The van der Waals surface area contributed by atoms with E-state index in [1.165, 1.54) is 21.1 Å². The first-order valence-electron chi connectivity index (χ1n) is 9.81. The fourth-order valence-electron chi connectivity index (χ4n) is 3.49. The molecule has 1 aliphatic rings. The van der Waals surface area contributed by atoms with Crippen LogP contribution in [0.25, 0.3) is 11.3 Å². The Morgan fingerprint density at radius 2 is 2.07 bits per heavy atom. The van der Waals surface area contributed by atoms with Crippen LogP contribution < -0.4 is 4.90 Å². The Labute approximate surface area is 184 Å². The molecule has 0 bridgehead atoms. The van der Waals surface area contributed by atoms with Gasteiger partial charge < -0.3 is 10.0 Å². The van der Waals surface area contributed by atoms with Gasteiger partial charge in [0, 0.05) is 35.5 Å². The number of carbonyl (C=O) groups is 3. The third-order valence-electron chi connectivity index (χ3n) is 4.82. The molecule has 3 rings (SSSR count). The highest BCUT2D eigenvalue weighted by atomic mass is 35.5. The van der Waals surface area contributed by atoms with Gasteiger partial charge >= 0.3 is 5.97 Å². The number of benzene rings is 1. The third kappa shape index (κ3) is 4.99. The van der Waals surface area contributed by atoms with Crippen LogP contribution in [-0.2, 0) is 14.4 Å². The van der Waals surface area contributed by atoms with Gasteiger partial charge in [-0.2, -0.15) is 0 Å². The van der Waals surface area contributed by atoms with Crippen molar-refractivity contribution in [2.45, 2.75) is 39.2 Å². The minimum atomic E-state index is -1.12. The van der Waals surface area contributed by atoms with Crippen molar-refractivity contribution in [3.05, 3.63) is 34.7 Å². The van der Waals surface area contributed by atoms with E-state index in [0.717, 1.165) is 5.56 Å². The minimum Gasteiger partial charge on any atom is -0.481 e. The number of carbonyl (C=O) groups excluding carboxylic acids is 2. The van der Waals surface area contributed by atoms with Crippen molar-refractivity contribution in [1.82, 2.24) is 9.88 Å². The summed E-state index contributed by atoms with van der Waals surface area (Å²) < 4.78 is 0. The van der Waals surface area contributed by atoms with Gasteiger partial charge in [0.05, 0.1) is 12.1 Å². The van der Waals surface area contributed by atoms with Gasteiger partial charge in [0.25, 0.3) is 5.91 Å². The average Bonchev–Trinajstić information content (AvgIpc) is 3.16. The van der Waals surface area contributed by atoms with Gasteiger partial charge in [0.1, 0.15) is 6.04 Å². The van der Waals surface area contributed by atoms with Crippen LogP contribution in [0.15, 0.2) is 29.6 Å². The molecule has 1 saturated heterocycles. The zero-order valence-electron chi connectivity index (χ0n) is 16.9. The van der Waals surface area contributed by atoms with Crippen LogP contribution in [-0.4, -0.2) is 51.9 Å². The summed E-state index contributed by atoms with van der Waals surface area (Å²) in [5, 5.41) is 12.2. The van der Waals surface area contributed by atoms with Gasteiger partial charge in [-0.15, -0.1) is 11.3 Å². The second-order valence-electron chi connectivity index (χ2n) is 7.64. The predicted molar refractivity (Wildman–Crippen MR) is 117 cm³/mol. The Morgan fingerprint density at radius 3 is 2.73 bits per heavy atom. The molecule has 0 radical (unpaired) electrons. The second-order valence-corrected chi connectivity index (χ2v) is 8.89. The number of hydrogen-bond acceptors (Lipinski definition) is 5. The second kappa shape index (κ2) is 9.57. The molecule has 1 N–H and O–H groups in total. The maximum absolute atomic E-state index is 13.4. The van der Waals surface area contributed by atoms with Crippen molar-refractivity contribution in [1.29, 1.82) is 0 Å². The standard InChI is InChI=1S/C21H24ClN3O4S/c1-13(2)11-25-17(10-19(27)28)20(29)24(9-5-8-18(25)26)21-23-16(12-30-21)14-6-3-4-7-15(14)22/h3-4,6-7,12-13,17H,5,8-11H2,1-2H3,(H,27,28)/t17-/m1/s1. The lowest BCUT2D eigenvalue weighted by atomic mass is 10.0. The number of anilines is 1. The van der Waals surface area contributed by atoms with E-state index < -0.39 is 24.3 Å². The Balaban J connectivity index is 1.95. The van der Waals surface area contributed by atoms with Gasteiger partial charge in [-0.1, -0.05) is 43.6 Å². The molecule has 1 aliphatic heterocycles. The summed E-state index contributed by atoms with van der Waals surface area (Å²) in [6.07, 6.45) is 0.311. The maximum atomic E-state index is 13.4. The minimum absolute atomic E-state index is 0.109. The van der Waals surface area contributed by atoms with Gasteiger partial charge in [-0.05, 0) is 18.4 Å². The maximum Gasteiger partial charge on any atom is 0.305 e. The van der Waals surface area contributed by atoms with E-state index in [1.54, 1.807) is 6.07 Å². The summed E-state index contributed by atoms with van der Waals surface area (Å²) in [5.41, 5.74) is 1.42. The topological polar surface area (TPSA) is 90.8 Å². The molecule has 1 fully saturated rings. The van der Waals surface area contributed by atoms with E-state index in [4.69, 9.17) is 11.6 Å². The van der Waals surface area contributed by atoms with E-state index >= 15 is 0 Å². The molecule has 30 heavy (non-hydrogen) atoms. The average molecular weight is 450 g/mol. The van der Waals surface area contributed by atoms with Crippen molar-refractivity contribution < 1.29 is 19.5 Å². The van der Waals surface area contributed by atoms with E-state index in [1.807, 2.05) is 37.4 Å². The molecule has 1 aromatic heterocycles. The van der Waals surface area contributed by atoms with E-state index in [-0.39, 0.29) is 18.2 Å². The Bertz CT molecular complexity index is 946. The summed E-state index contributed by atoms with van der Waals surface area (Å²) in [6.45, 7) is 4.51. The first-order valence-corrected chi connectivity index (χ1v) is 11.1. The Kier molecular flexibility index (Phi) is 7.10. The molecular weight excluding hydrogens is 426 g/mol. The SMILES string of the molecule is CC(C)CN1C(=O)CCCN(c2nc(-c3ccccc3Cl)cs2)C(=O)[C@H]1CC(=O)O. The number of carboxylic acid groups (broad SMARTS) is 1. The van der Waals surface area contributed by atoms with Crippen molar-refractivity contribution >= 4 is 45.9 Å². The zero-order chi connectivity index (χ0) is 21.8. The number of nitrogens with zero attached hydrogens (tertiary/aromatic N) is 3. The van der Waals surface area contributed by atoms with Crippen LogP contribution in [0.4, 0.5) is 5.13 Å². The highest BCUT2D eigenvalue weighted by Gasteiger charge is 2.38. The lowest BCUT2D eigenvalue weighted by Crippen LogP contribution is -2.55. The molecule has 2 heterocycles. The third-order valence-corrected chi connectivity index (χ3v) is 6.02. The van der Waals surface area contributed by atoms with Crippen molar-refractivity contribution in [2.24, 2.45) is 5.92 Å². The number of thiazole rings is 1. The van der Waals surface area contributed by atoms with Gasteiger partial charge in [-0.25, -0.2) is 4.98 Å². The molecule has 160 valence electrons. The molecule has 9 heteroatoms. The van der Waals surface area contributed by atoms with Crippen LogP contribution in [0.2, 0.25) is 5.02 Å². The summed E-state index contributed by atoms with van der Waals surface area (Å²) >= 11 is 7.57. The molecule has 1 aromatic carbocycles. The number of halogens is 1. The normalized spacial score (nSPS) is 17.9. The number of hydrogen-bond donors (Lipinski definition) is 1. The zero-order valence-corrected chi connectivity index (χ0v) is 18.4. The predicted octanol–water partition coefficient (Wildman–Crippen LogP) is 3.92. The summed E-state index contributed by atoms with van der Waals surface area (Å²) in [5.74, 6) is -1.60. The van der Waals surface area contributed by atoms with Crippen molar-refractivity contribution in [2.75, 3.05) is 18.0 Å². The molecule has 0 saturated carbocycles. The lowest BCUT2D eigenvalue weighted by Gasteiger charge is -2.36. The first-order chi connectivity index (χ1) is 14.3. The highest BCUT2D eigenvalue weighted by Crippen LogP contribution is 2.33. The molecule has 0 spiro atoms. The fraction of sp³-hybridized carbons (Fsp3) is 0.429. The number of carboxylic acids is 1. The van der Waals surface area contributed by atoms with Crippen molar-refractivity contribution in [3.63, 3.8) is 0 Å². The smallest absolute Gasteiger partial charge is 0.305 e. The van der Waals surface area contributed by atoms with Gasteiger partial charge in [0.15, 0.2) is 5.13 Å². The number of rotatable bonds is 6. The van der Waals surface area contributed by atoms with E-state index in [0.29, 0.717) is 35.4 Å². The molecule has 2 amide bonds. The van der Waals surface area contributed by atoms with Gasteiger partial charge in [-0.3, -0.25) is 19.3 Å². The number of aliphatic carboxylic acids is 1. The summed E-state index contributed by atoms with van der Waals surface area (Å²) in [4.78, 5) is 45.1. The number of aromatic nitrogens is 1. The molecule has 0 aliphatic carbocycles. The summed E-state index contributed by atoms with van der Waals surface area (Å²) in [6, 6.07) is 6.27. The Morgan fingerprint density at radius 1 is 1.33 bits per heavy atom. The van der Waals surface area contributed by atoms with E-state index in [9.17, 15) is 19.5 Å². The van der Waals surface area contributed by atoms with Crippen molar-refractivity contribution in [3.8, 4) is 11.3 Å². The van der Waals surface area contributed by atoms with Gasteiger partial charge in [0.2, 0.25) is 5.91 Å². The molecule has 1 atom stereocenters. The van der Waals surface area contributed by atoms with Crippen LogP contribution in [0, 0.1) is 5.92 Å². The monoisotopic (exact) mass is 449 g/mol. The largest absolute Gasteiger partial charge is 0.481 e. The molecule has 0 unspecified atom stereocenters. The highest BCUT2D eigenvalue weighted by molar-refractivity contribution is 7.14. The molecule has 2 aromatic rings. The van der Waals surface area contributed by atoms with Crippen LogP contribution in [0.1, 0.15) is 33.1 Å². The number of amides is 2. The van der Waals surface area contributed by atoms with Crippen LogP contribution in [0.3, 0.4) is 0 Å². The van der Waals surface area contributed by atoms with Crippen LogP contribution in [0.5, 0.6) is 0 Å². The summed E-state index contributed by atoms with van der Waals surface area (Å²) in [7, 11) is 0. The molecule has 7 nitrogen and oxygen atoms in total. The van der Waals surface area contributed by atoms with E-state index in [2.05, 4.69) is 4.98 Å². The lowest BCUT2D eigenvalue weighted by molar-refractivity contribution is -0.147. The Hall–Kier alpha value is -2.45. The van der Waals surface area contributed by atoms with Crippen LogP contribution >= 0.6 is 22.9 Å². The fourth-order valence-corrected chi connectivity index (χ4v) is 4.57. The first kappa shape index (κ1) is 22.2. The quantitative estimate of drug-likeness (QED) is 0.721.